The van der Waals surface area contributed by atoms with Gasteiger partial charge in [0, 0.05) is 24.9 Å². The Bertz CT molecular complexity index is 311. The summed E-state index contributed by atoms with van der Waals surface area (Å²) in [5.41, 5.74) is 1.21. The van der Waals surface area contributed by atoms with E-state index in [-0.39, 0.29) is 12.1 Å². The van der Waals surface area contributed by atoms with Gasteiger partial charge in [-0.15, -0.1) is 0 Å². The Morgan fingerprint density at radius 2 is 2.18 bits per heavy atom. The topological polar surface area (TPSA) is 39.1 Å². The minimum atomic E-state index is 0.168. The lowest BCUT2D eigenvalue weighted by molar-refractivity contribution is 0.0472. The second kappa shape index (κ2) is 7.45. The van der Waals surface area contributed by atoms with Crippen LogP contribution in [0.1, 0.15) is 45.7 Å². The van der Waals surface area contributed by atoms with Crippen LogP contribution >= 0.6 is 0 Å². The van der Waals surface area contributed by atoms with Gasteiger partial charge in [0.25, 0.3) is 0 Å². The van der Waals surface area contributed by atoms with Gasteiger partial charge in [0.05, 0.1) is 18.3 Å². The number of aromatic nitrogens is 2. The molecule has 0 spiro atoms. The molecule has 4 heteroatoms. The van der Waals surface area contributed by atoms with Crippen molar-refractivity contribution in [1.82, 2.24) is 15.1 Å². The zero-order valence-electron chi connectivity index (χ0n) is 11.4. The minimum Gasteiger partial charge on any atom is -0.377 e. The Morgan fingerprint density at radius 3 is 2.71 bits per heavy atom. The fourth-order valence-electron chi connectivity index (χ4n) is 1.93. The molecule has 1 N–H and O–H groups in total. The Kier molecular flexibility index (Phi) is 6.22. The van der Waals surface area contributed by atoms with Crippen molar-refractivity contribution < 1.29 is 4.74 Å². The van der Waals surface area contributed by atoms with Gasteiger partial charge in [0.2, 0.25) is 0 Å². The summed E-state index contributed by atoms with van der Waals surface area (Å²) in [4.78, 5) is 0. The lowest BCUT2D eigenvalue weighted by Crippen LogP contribution is -2.32. The predicted molar refractivity (Wildman–Crippen MR) is 70.0 cm³/mol. The number of nitrogens with one attached hydrogen (secondary N) is 1. The van der Waals surface area contributed by atoms with E-state index in [0.717, 1.165) is 26.1 Å². The maximum atomic E-state index is 5.70. The van der Waals surface area contributed by atoms with Gasteiger partial charge in [0.1, 0.15) is 0 Å². The van der Waals surface area contributed by atoms with Crippen LogP contribution in [0.3, 0.4) is 0 Å². The summed E-state index contributed by atoms with van der Waals surface area (Å²) in [5, 5.41) is 7.86. The summed E-state index contributed by atoms with van der Waals surface area (Å²) in [6.45, 7) is 11.1. The van der Waals surface area contributed by atoms with E-state index in [1.54, 1.807) is 0 Å². The van der Waals surface area contributed by atoms with Crippen LogP contribution in [0.4, 0.5) is 0 Å². The van der Waals surface area contributed by atoms with Crippen molar-refractivity contribution in [2.75, 3.05) is 13.2 Å². The Balaban J connectivity index is 2.73. The molecule has 0 aromatic carbocycles. The predicted octanol–water partition coefficient (Wildman–Crippen LogP) is 2.37. The van der Waals surface area contributed by atoms with Crippen LogP contribution in [0, 0.1) is 0 Å². The van der Waals surface area contributed by atoms with E-state index in [1.165, 1.54) is 5.56 Å². The zero-order chi connectivity index (χ0) is 12.7. The van der Waals surface area contributed by atoms with E-state index in [9.17, 15) is 0 Å². The molecule has 1 aromatic heterocycles. The molecule has 0 aliphatic heterocycles. The molecule has 98 valence electrons. The molecular weight excluding hydrogens is 214 g/mol. The van der Waals surface area contributed by atoms with Gasteiger partial charge in [0.15, 0.2) is 0 Å². The standard InChI is InChI=1S/C13H25N3O/c1-5-8-14-13(11(4)17-7-3)12-9-15-16(6-2)10-12/h9-11,13-14H,5-8H2,1-4H3. The van der Waals surface area contributed by atoms with Crippen LogP contribution in [0.15, 0.2) is 12.4 Å². The highest BCUT2D eigenvalue weighted by molar-refractivity contribution is 5.12. The molecule has 1 aromatic rings. The molecule has 0 saturated carbocycles. The van der Waals surface area contributed by atoms with Gasteiger partial charge in [-0.3, -0.25) is 4.68 Å². The molecule has 2 atom stereocenters. The van der Waals surface area contributed by atoms with Crippen molar-refractivity contribution in [2.45, 2.75) is 52.8 Å². The quantitative estimate of drug-likeness (QED) is 0.757. The monoisotopic (exact) mass is 239 g/mol. The third kappa shape index (κ3) is 4.13. The van der Waals surface area contributed by atoms with Crippen LogP contribution in [0.2, 0.25) is 0 Å². The average Bonchev–Trinajstić information content (AvgIpc) is 2.78. The number of hydrogen-bond donors (Lipinski definition) is 1. The van der Waals surface area contributed by atoms with Gasteiger partial charge in [-0.1, -0.05) is 6.92 Å². The maximum absolute atomic E-state index is 5.70. The number of aryl methyl sites for hydroxylation is 1. The van der Waals surface area contributed by atoms with Crippen LogP contribution < -0.4 is 5.32 Å². The van der Waals surface area contributed by atoms with Crippen LogP contribution in [0.25, 0.3) is 0 Å². The third-order valence-corrected chi connectivity index (χ3v) is 2.85. The average molecular weight is 239 g/mol. The highest BCUT2D eigenvalue weighted by atomic mass is 16.5. The molecule has 4 nitrogen and oxygen atoms in total. The van der Waals surface area contributed by atoms with Crippen molar-refractivity contribution in [2.24, 2.45) is 0 Å². The Labute approximate surface area is 104 Å². The highest BCUT2D eigenvalue weighted by Crippen LogP contribution is 2.18. The second-order valence-electron chi connectivity index (χ2n) is 4.22. The molecule has 1 rings (SSSR count). The molecule has 0 aliphatic rings. The maximum Gasteiger partial charge on any atom is 0.0742 e. The number of rotatable bonds is 8. The fourth-order valence-corrected chi connectivity index (χ4v) is 1.93. The molecule has 2 unspecified atom stereocenters. The van der Waals surface area contributed by atoms with Crippen molar-refractivity contribution >= 4 is 0 Å². The highest BCUT2D eigenvalue weighted by Gasteiger charge is 2.20. The van der Waals surface area contributed by atoms with Gasteiger partial charge >= 0.3 is 0 Å². The Hall–Kier alpha value is -0.870. The van der Waals surface area contributed by atoms with E-state index in [0.29, 0.717) is 0 Å². The largest absolute Gasteiger partial charge is 0.377 e. The first-order chi connectivity index (χ1) is 8.22. The van der Waals surface area contributed by atoms with E-state index in [1.807, 2.05) is 17.8 Å². The van der Waals surface area contributed by atoms with E-state index in [4.69, 9.17) is 4.74 Å². The SMILES string of the molecule is CCCNC(c1cnn(CC)c1)C(C)OCC. The van der Waals surface area contributed by atoms with Crippen molar-refractivity contribution in [3.8, 4) is 0 Å². The normalized spacial score (nSPS) is 14.8. The van der Waals surface area contributed by atoms with Crippen LogP contribution in [-0.2, 0) is 11.3 Å². The van der Waals surface area contributed by atoms with Crippen LogP contribution in [-0.4, -0.2) is 29.0 Å². The molecule has 0 bridgehead atoms. The summed E-state index contributed by atoms with van der Waals surface area (Å²) in [7, 11) is 0. The van der Waals surface area contributed by atoms with Crippen molar-refractivity contribution in [1.29, 1.82) is 0 Å². The van der Waals surface area contributed by atoms with Crippen molar-refractivity contribution in [3.63, 3.8) is 0 Å². The Morgan fingerprint density at radius 1 is 1.41 bits per heavy atom. The van der Waals surface area contributed by atoms with Gasteiger partial charge in [-0.05, 0) is 33.7 Å². The molecule has 1 heterocycles. The summed E-state index contributed by atoms with van der Waals surface area (Å²) in [6, 6.07) is 0.232. The molecule has 0 saturated heterocycles. The lowest BCUT2D eigenvalue weighted by atomic mass is 10.1. The van der Waals surface area contributed by atoms with E-state index in [2.05, 4.69) is 37.4 Å². The second-order valence-corrected chi connectivity index (χ2v) is 4.22. The van der Waals surface area contributed by atoms with Crippen molar-refractivity contribution in [3.05, 3.63) is 18.0 Å². The first-order valence-corrected chi connectivity index (χ1v) is 6.60. The van der Waals surface area contributed by atoms with Gasteiger partial charge in [-0.25, -0.2) is 0 Å². The fraction of sp³-hybridized carbons (Fsp3) is 0.769. The first kappa shape index (κ1) is 14.2. The lowest BCUT2D eigenvalue weighted by Gasteiger charge is -2.24. The molecule has 17 heavy (non-hydrogen) atoms. The minimum absolute atomic E-state index is 0.168. The smallest absolute Gasteiger partial charge is 0.0742 e. The summed E-state index contributed by atoms with van der Waals surface area (Å²) in [5.74, 6) is 0. The van der Waals surface area contributed by atoms with Crippen LogP contribution in [0.5, 0.6) is 0 Å². The molecule has 0 aliphatic carbocycles. The van der Waals surface area contributed by atoms with Gasteiger partial charge < -0.3 is 10.1 Å². The number of hydrogen-bond acceptors (Lipinski definition) is 3. The summed E-state index contributed by atoms with van der Waals surface area (Å²) < 4.78 is 7.65. The zero-order valence-corrected chi connectivity index (χ0v) is 11.4. The summed E-state index contributed by atoms with van der Waals surface area (Å²) in [6.07, 6.45) is 5.33. The first-order valence-electron chi connectivity index (χ1n) is 6.60. The van der Waals surface area contributed by atoms with E-state index < -0.39 is 0 Å². The van der Waals surface area contributed by atoms with Gasteiger partial charge in [-0.2, -0.15) is 5.10 Å². The molecule has 0 amide bonds. The molecule has 0 radical (unpaired) electrons. The molecule has 0 fully saturated rings. The van der Waals surface area contributed by atoms with E-state index >= 15 is 0 Å². The number of ether oxygens (including phenoxy) is 1. The number of nitrogens with zero attached hydrogens (tertiary/aromatic N) is 2. The summed E-state index contributed by atoms with van der Waals surface area (Å²) >= 11 is 0. The third-order valence-electron chi connectivity index (χ3n) is 2.85. The molecular formula is C13H25N3O.